The topological polar surface area (TPSA) is 61.0 Å². The molecule has 26 heavy (non-hydrogen) atoms. The summed E-state index contributed by atoms with van der Waals surface area (Å²) in [5, 5.41) is 10.4. The SMILES string of the molecule is O=C1N(c2ccc(-c3cn[nH]c3)cc2)CCC12CCc1ccccc1N2. The first-order valence-electron chi connectivity index (χ1n) is 9.02. The second-order valence-corrected chi connectivity index (χ2v) is 7.10. The number of benzene rings is 2. The van der Waals surface area contributed by atoms with Gasteiger partial charge in [0.1, 0.15) is 5.54 Å². The number of amides is 1. The number of fused-ring (bicyclic) bond motifs is 1. The van der Waals surface area contributed by atoms with E-state index >= 15 is 0 Å². The molecule has 130 valence electrons. The van der Waals surface area contributed by atoms with Gasteiger partial charge in [0.05, 0.1) is 6.20 Å². The molecule has 1 unspecified atom stereocenters. The zero-order valence-electron chi connectivity index (χ0n) is 14.4. The van der Waals surface area contributed by atoms with E-state index < -0.39 is 5.54 Å². The van der Waals surface area contributed by atoms with Gasteiger partial charge in [-0.2, -0.15) is 5.10 Å². The molecule has 0 saturated carbocycles. The largest absolute Gasteiger partial charge is 0.371 e. The van der Waals surface area contributed by atoms with Crippen LogP contribution in [0, 0.1) is 0 Å². The predicted octanol–water partition coefficient (Wildman–Crippen LogP) is 3.61. The molecule has 2 aliphatic rings. The molecule has 2 N–H and O–H groups in total. The number of nitrogens with one attached hydrogen (secondary N) is 2. The molecule has 0 aliphatic carbocycles. The van der Waals surface area contributed by atoms with Gasteiger partial charge >= 0.3 is 0 Å². The number of hydrogen-bond acceptors (Lipinski definition) is 3. The summed E-state index contributed by atoms with van der Waals surface area (Å²) in [6.45, 7) is 0.749. The van der Waals surface area contributed by atoms with E-state index in [0.717, 1.165) is 48.3 Å². The standard InChI is InChI=1S/C21H20N4O/c26-20-21(10-9-16-3-1-2-4-19(16)24-21)11-12-25(20)18-7-5-15(6-8-18)17-13-22-23-14-17/h1-8,13-14,24H,9-12H2,(H,22,23). The summed E-state index contributed by atoms with van der Waals surface area (Å²) in [6.07, 6.45) is 6.31. The molecule has 1 spiro atoms. The number of nitrogens with zero attached hydrogens (tertiary/aromatic N) is 2. The lowest BCUT2D eigenvalue weighted by Crippen LogP contribution is -2.49. The molecule has 1 aromatic heterocycles. The Morgan fingerprint density at radius 1 is 1.00 bits per heavy atom. The molecule has 0 radical (unpaired) electrons. The molecular weight excluding hydrogens is 324 g/mol. The molecule has 1 atom stereocenters. The molecular formula is C21H20N4O. The Bertz CT molecular complexity index is 948. The highest BCUT2D eigenvalue weighted by Gasteiger charge is 2.48. The van der Waals surface area contributed by atoms with Gasteiger partial charge in [-0.05, 0) is 48.6 Å². The Kier molecular flexibility index (Phi) is 3.35. The van der Waals surface area contributed by atoms with Crippen molar-refractivity contribution in [1.82, 2.24) is 10.2 Å². The van der Waals surface area contributed by atoms with E-state index in [1.807, 2.05) is 41.4 Å². The summed E-state index contributed by atoms with van der Waals surface area (Å²) >= 11 is 0. The van der Waals surface area contributed by atoms with E-state index in [2.05, 4.69) is 33.7 Å². The van der Waals surface area contributed by atoms with Crippen LogP contribution in [0.25, 0.3) is 11.1 Å². The van der Waals surface area contributed by atoms with Gasteiger partial charge in [-0.25, -0.2) is 0 Å². The second kappa shape index (κ2) is 5.73. The molecule has 5 nitrogen and oxygen atoms in total. The number of H-pyrrole nitrogens is 1. The fraction of sp³-hybridized carbons (Fsp3) is 0.238. The first-order chi connectivity index (χ1) is 12.8. The Balaban J connectivity index is 1.40. The first kappa shape index (κ1) is 15.2. The number of carbonyl (C=O) groups excluding carboxylic acids is 1. The Morgan fingerprint density at radius 3 is 2.65 bits per heavy atom. The lowest BCUT2D eigenvalue weighted by Gasteiger charge is -2.35. The zero-order chi connectivity index (χ0) is 17.6. The summed E-state index contributed by atoms with van der Waals surface area (Å²) in [6, 6.07) is 16.4. The van der Waals surface area contributed by atoms with Gasteiger partial charge in [0.2, 0.25) is 0 Å². The van der Waals surface area contributed by atoms with Crippen LogP contribution < -0.4 is 10.2 Å². The fourth-order valence-electron chi connectivity index (χ4n) is 4.13. The van der Waals surface area contributed by atoms with Crippen molar-refractivity contribution >= 4 is 17.3 Å². The summed E-state index contributed by atoms with van der Waals surface area (Å²) in [5.41, 5.74) is 5.04. The van der Waals surface area contributed by atoms with Crippen LogP contribution in [0.15, 0.2) is 60.9 Å². The average molecular weight is 344 g/mol. The molecule has 1 fully saturated rings. The van der Waals surface area contributed by atoms with E-state index in [4.69, 9.17) is 0 Å². The summed E-state index contributed by atoms with van der Waals surface area (Å²) in [7, 11) is 0. The van der Waals surface area contributed by atoms with Crippen molar-refractivity contribution in [2.45, 2.75) is 24.8 Å². The highest BCUT2D eigenvalue weighted by atomic mass is 16.2. The van der Waals surface area contributed by atoms with Gasteiger partial charge in [0.15, 0.2) is 0 Å². The van der Waals surface area contributed by atoms with Gasteiger partial charge in [-0.1, -0.05) is 30.3 Å². The number of aromatic amines is 1. The molecule has 5 rings (SSSR count). The third-order valence-electron chi connectivity index (χ3n) is 5.64. The number of anilines is 2. The number of rotatable bonds is 2. The number of para-hydroxylation sites is 1. The van der Waals surface area contributed by atoms with Crippen molar-refractivity contribution in [2.75, 3.05) is 16.8 Å². The molecule has 3 aromatic rings. The van der Waals surface area contributed by atoms with Crippen molar-refractivity contribution < 1.29 is 4.79 Å². The number of hydrogen-bond donors (Lipinski definition) is 2. The molecule has 1 saturated heterocycles. The van der Waals surface area contributed by atoms with E-state index in [9.17, 15) is 4.79 Å². The lowest BCUT2D eigenvalue weighted by atomic mass is 9.85. The van der Waals surface area contributed by atoms with E-state index in [0.29, 0.717) is 0 Å². The first-order valence-corrected chi connectivity index (χ1v) is 9.02. The van der Waals surface area contributed by atoms with E-state index in [1.54, 1.807) is 6.20 Å². The minimum absolute atomic E-state index is 0.183. The van der Waals surface area contributed by atoms with Gasteiger partial charge in [0.25, 0.3) is 5.91 Å². The number of carbonyl (C=O) groups is 1. The highest BCUT2D eigenvalue weighted by molar-refractivity contribution is 6.05. The minimum atomic E-state index is -0.461. The van der Waals surface area contributed by atoms with Crippen molar-refractivity contribution in [3.63, 3.8) is 0 Å². The maximum atomic E-state index is 13.3. The average Bonchev–Trinajstić information content (AvgIpc) is 3.32. The Morgan fingerprint density at radius 2 is 1.85 bits per heavy atom. The van der Waals surface area contributed by atoms with Gasteiger partial charge in [-0.15, -0.1) is 0 Å². The van der Waals surface area contributed by atoms with Crippen molar-refractivity contribution in [3.05, 3.63) is 66.5 Å². The zero-order valence-corrected chi connectivity index (χ0v) is 14.4. The van der Waals surface area contributed by atoms with Crippen LogP contribution in [0.1, 0.15) is 18.4 Å². The summed E-state index contributed by atoms with van der Waals surface area (Å²) in [4.78, 5) is 15.2. The van der Waals surface area contributed by atoms with Crippen LogP contribution in [-0.2, 0) is 11.2 Å². The van der Waals surface area contributed by atoms with Gasteiger partial charge in [0, 0.05) is 29.7 Å². The van der Waals surface area contributed by atoms with Crippen LogP contribution in [-0.4, -0.2) is 28.2 Å². The monoisotopic (exact) mass is 344 g/mol. The number of aryl methyl sites for hydroxylation is 1. The molecule has 2 aromatic carbocycles. The lowest BCUT2D eigenvalue weighted by molar-refractivity contribution is -0.121. The Labute approximate surface area is 152 Å². The maximum Gasteiger partial charge on any atom is 0.252 e. The van der Waals surface area contributed by atoms with Crippen LogP contribution >= 0.6 is 0 Å². The van der Waals surface area contributed by atoms with Crippen molar-refractivity contribution in [3.8, 4) is 11.1 Å². The predicted molar refractivity (Wildman–Crippen MR) is 102 cm³/mol. The molecule has 2 aliphatic heterocycles. The fourth-order valence-corrected chi connectivity index (χ4v) is 4.13. The third kappa shape index (κ3) is 2.31. The summed E-state index contributed by atoms with van der Waals surface area (Å²) < 4.78 is 0. The smallest absolute Gasteiger partial charge is 0.252 e. The summed E-state index contributed by atoms with van der Waals surface area (Å²) in [5.74, 6) is 0.183. The van der Waals surface area contributed by atoms with Crippen LogP contribution in [0.2, 0.25) is 0 Å². The molecule has 3 heterocycles. The highest BCUT2D eigenvalue weighted by Crippen LogP contribution is 2.39. The quantitative estimate of drug-likeness (QED) is 0.746. The van der Waals surface area contributed by atoms with Crippen LogP contribution in [0.4, 0.5) is 11.4 Å². The number of aromatic nitrogens is 2. The second-order valence-electron chi connectivity index (χ2n) is 7.10. The molecule has 5 heteroatoms. The third-order valence-corrected chi connectivity index (χ3v) is 5.64. The van der Waals surface area contributed by atoms with Crippen molar-refractivity contribution in [2.24, 2.45) is 0 Å². The molecule has 1 amide bonds. The van der Waals surface area contributed by atoms with Gasteiger partial charge in [-0.3, -0.25) is 9.89 Å². The van der Waals surface area contributed by atoms with Gasteiger partial charge < -0.3 is 10.2 Å². The Hall–Kier alpha value is -3.08. The normalized spacial score (nSPS) is 21.7. The van der Waals surface area contributed by atoms with Crippen molar-refractivity contribution in [1.29, 1.82) is 0 Å². The van der Waals surface area contributed by atoms with E-state index in [-0.39, 0.29) is 5.91 Å². The minimum Gasteiger partial charge on any atom is -0.371 e. The molecule has 0 bridgehead atoms. The van der Waals surface area contributed by atoms with E-state index in [1.165, 1.54) is 5.56 Å². The van der Waals surface area contributed by atoms with Crippen LogP contribution in [0.3, 0.4) is 0 Å². The van der Waals surface area contributed by atoms with Crippen LogP contribution in [0.5, 0.6) is 0 Å². The maximum absolute atomic E-state index is 13.3.